The Morgan fingerprint density at radius 3 is 1.92 bits per heavy atom. The predicted octanol–water partition coefficient (Wildman–Crippen LogP) is 14.4. The first-order chi connectivity index (χ1) is 30.4. The number of fused-ring (bicyclic) bond motifs is 4. The molecular formula is C54H37NO4S3. The van der Waals surface area contributed by atoms with E-state index in [1.807, 2.05) is 23.5 Å². The van der Waals surface area contributed by atoms with Crippen LogP contribution in [0.1, 0.15) is 83.4 Å². The average Bonchev–Trinajstić information content (AvgIpc) is 4.18. The number of hydrogen-bond acceptors (Lipinski definition) is 7. The molecule has 300 valence electrons. The zero-order valence-corrected chi connectivity index (χ0v) is 35.7. The molecule has 2 unspecified atom stereocenters. The Labute approximate surface area is 371 Å². The first-order valence-electron chi connectivity index (χ1n) is 20.7. The Hall–Kier alpha value is -6.71. The molecule has 1 fully saturated rings. The summed E-state index contributed by atoms with van der Waals surface area (Å²) in [6.07, 6.45) is 7.56. The van der Waals surface area contributed by atoms with E-state index in [2.05, 4.69) is 138 Å². The molecule has 11 rings (SSSR count). The number of ketones is 2. The van der Waals surface area contributed by atoms with Crippen molar-refractivity contribution in [1.82, 2.24) is 0 Å². The number of Topliss-reactive ketones (excluding diaryl/α,β-unsaturated/α-hetero) is 2. The van der Waals surface area contributed by atoms with Gasteiger partial charge in [-0.25, -0.2) is 4.79 Å². The lowest BCUT2D eigenvalue weighted by Gasteiger charge is -2.27. The van der Waals surface area contributed by atoms with Crippen LogP contribution in [0.2, 0.25) is 0 Å². The van der Waals surface area contributed by atoms with Crippen LogP contribution >= 0.6 is 34.0 Å². The maximum absolute atomic E-state index is 13.1. The first-order valence-corrected chi connectivity index (χ1v) is 23.2. The molecule has 2 atom stereocenters. The van der Waals surface area contributed by atoms with Crippen molar-refractivity contribution in [3.05, 3.63) is 207 Å². The van der Waals surface area contributed by atoms with Crippen LogP contribution in [0, 0.1) is 0 Å². The van der Waals surface area contributed by atoms with Crippen LogP contribution in [0.25, 0.3) is 47.7 Å². The highest BCUT2D eigenvalue weighted by Crippen LogP contribution is 2.53. The Balaban J connectivity index is 0.821. The van der Waals surface area contributed by atoms with Gasteiger partial charge in [-0.3, -0.25) is 9.59 Å². The Morgan fingerprint density at radius 1 is 0.597 bits per heavy atom. The van der Waals surface area contributed by atoms with Crippen LogP contribution in [-0.4, -0.2) is 28.7 Å². The van der Waals surface area contributed by atoms with Gasteiger partial charge in [0.05, 0.1) is 11.1 Å². The van der Waals surface area contributed by atoms with Gasteiger partial charge >= 0.3 is 5.97 Å². The van der Waals surface area contributed by atoms with E-state index in [1.165, 1.54) is 108 Å². The number of nitrogens with zero attached hydrogens (tertiary/aromatic N) is 1. The fourth-order valence-electron chi connectivity index (χ4n) is 9.33. The highest BCUT2D eigenvalue weighted by molar-refractivity contribution is 7.27. The second kappa shape index (κ2) is 15.6. The molecule has 1 N–H and O–H groups in total. The molecule has 5 aromatic carbocycles. The molecule has 0 spiro atoms. The molecule has 8 heteroatoms. The third-order valence-electron chi connectivity index (χ3n) is 12.3. The van der Waals surface area contributed by atoms with E-state index in [0.29, 0.717) is 12.0 Å². The molecule has 0 bridgehead atoms. The van der Waals surface area contributed by atoms with Crippen molar-refractivity contribution in [3.8, 4) is 29.9 Å². The minimum Gasteiger partial charge on any atom is -0.478 e. The summed E-state index contributed by atoms with van der Waals surface area (Å²) < 4.78 is 0. The summed E-state index contributed by atoms with van der Waals surface area (Å²) in [7, 11) is 0. The number of aromatic carboxylic acids is 1. The third-order valence-corrected chi connectivity index (χ3v) is 15.9. The summed E-state index contributed by atoms with van der Waals surface area (Å²) in [6, 6.07) is 54.7. The van der Waals surface area contributed by atoms with Gasteiger partial charge in [0.2, 0.25) is 0 Å². The van der Waals surface area contributed by atoms with Crippen molar-refractivity contribution in [2.45, 2.75) is 31.2 Å². The second-order valence-electron chi connectivity index (χ2n) is 15.9. The van der Waals surface area contributed by atoms with Crippen molar-refractivity contribution in [1.29, 1.82) is 0 Å². The largest absolute Gasteiger partial charge is 0.478 e. The summed E-state index contributed by atoms with van der Waals surface area (Å²) in [4.78, 5) is 46.9. The molecule has 1 aliphatic heterocycles. The van der Waals surface area contributed by atoms with E-state index in [-0.39, 0.29) is 28.0 Å². The molecule has 0 saturated heterocycles. The van der Waals surface area contributed by atoms with Gasteiger partial charge in [0.15, 0.2) is 11.6 Å². The number of allylic oxidation sites excluding steroid dienone is 1. The molecule has 3 aromatic heterocycles. The van der Waals surface area contributed by atoms with E-state index in [1.54, 1.807) is 17.4 Å². The van der Waals surface area contributed by atoms with Gasteiger partial charge in [-0.2, -0.15) is 0 Å². The number of anilines is 2. The summed E-state index contributed by atoms with van der Waals surface area (Å²) in [5.41, 5.74) is 10.5. The number of carbonyl (C=O) groups excluding carboxylic acids is 2. The normalized spacial score (nSPS) is 17.0. The molecule has 3 aliphatic rings. The third kappa shape index (κ3) is 6.81. The maximum Gasteiger partial charge on any atom is 0.335 e. The van der Waals surface area contributed by atoms with Gasteiger partial charge in [0.25, 0.3) is 0 Å². The quantitative estimate of drug-likeness (QED) is 0.0889. The highest BCUT2D eigenvalue weighted by Gasteiger charge is 2.42. The smallest absolute Gasteiger partial charge is 0.335 e. The predicted molar refractivity (Wildman–Crippen MR) is 255 cm³/mol. The van der Waals surface area contributed by atoms with Gasteiger partial charge in [-0.05, 0) is 137 Å². The van der Waals surface area contributed by atoms with Crippen LogP contribution < -0.4 is 4.90 Å². The first kappa shape index (κ1) is 38.2. The van der Waals surface area contributed by atoms with Crippen molar-refractivity contribution in [2.24, 2.45) is 0 Å². The number of hydrogen-bond donors (Lipinski definition) is 1. The van der Waals surface area contributed by atoms with Crippen LogP contribution in [0.3, 0.4) is 0 Å². The summed E-state index contributed by atoms with van der Waals surface area (Å²) in [5.74, 6) is -1.43. The Bertz CT molecular complexity index is 3090. The summed E-state index contributed by atoms with van der Waals surface area (Å²) in [5, 5.41) is 9.36. The van der Waals surface area contributed by atoms with Crippen molar-refractivity contribution >= 4 is 80.6 Å². The number of carboxylic acids is 1. The Kier molecular flexibility index (Phi) is 9.64. The molecule has 1 saturated carbocycles. The van der Waals surface area contributed by atoms with Crippen LogP contribution in [-0.2, 0) is 0 Å². The zero-order valence-electron chi connectivity index (χ0n) is 33.3. The zero-order chi connectivity index (χ0) is 41.9. The molecule has 2 aliphatic carbocycles. The molecule has 0 amide bonds. The van der Waals surface area contributed by atoms with Crippen LogP contribution in [0.4, 0.5) is 11.4 Å². The van der Waals surface area contributed by atoms with Gasteiger partial charge in [0.1, 0.15) is 0 Å². The second-order valence-corrected chi connectivity index (χ2v) is 19.2. The van der Waals surface area contributed by atoms with E-state index in [9.17, 15) is 19.5 Å². The van der Waals surface area contributed by atoms with Gasteiger partial charge < -0.3 is 10.0 Å². The lowest BCUT2D eigenvalue weighted by Crippen LogP contribution is -2.26. The number of carboxylic acid groups (broad SMARTS) is 1. The SMILES string of the molecule is O=C(O)c1ccc2c(c1)C(=O)/C(=C/c1ccc(-c3ccc(-c4ccc(-c5ccc6c(c5)C5CCCC5N6c5ccc(C=C(c6ccccc6)c6ccccc6)cc5)s4)s3)s1)C2=O. The van der Waals surface area contributed by atoms with Gasteiger partial charge in [-0.15, -0.1) is 34.0 Å². The molecule has 62 heavy (non-hydrogen) atoms. The maximum atomic E-state index is 13.1. The molecule has 8 aromatic rings. The molecule has 4 heterocycles. The van der Waals surface area contributed by atoms with E-state index in [4.69, 9.17) is 0 Å². The number of benzene rings is 5. The fourth-order valence-corrected chi connectivity index (χ4v) is 12.5. The number of thiophene rings is 3. The monoisotopic (exact) mass is 859 g/mol. The van der Waals surface area contributed by atoms with Crippen molar-refractivity contribution in [3.63, 3.8) is 0 Å². The number of rotatable bonds is 9. The van der Waals surface area contributed by atoms with E-state index >= 15 is 0 Å². The minimum atomic E-state index is -1.13. The highest BCUT2D eigenvalue weighted by atomic mass is 32.1. The summed E-state index contributed by atoms with van der Waals surface area (Å²) >= 11 is 5.07. The Morgan fingerprint density at radius 2 is 1.23 bits per heavy atom. The van der Waals surface area contributed by atoms with E-state index in [0.717, 1.165) is 14.6 Å². The van der Waals surface area contributed by atoms with Crippen LogP contribution in [0.15, 0.2) is 163 Å². The molecular weight excluding hydrogens is 823 g/mol. The number of carbonyl (C=O) groups is 3. The lowest BCUT2D eigenvalue weighted by atomic mass is 9.95. The molecule has 5 nitrogen and oxygen atoms in total. The summed E-state index contributed by atoms with van der Waals surface area (Å²) in [6.45, 7) is 0. The topological polar surface area (TPSA) is 74.7 Å². The van der Waals surface area contributed by atoms with Gasteiger partial charge in [-0.1, -0.05) is 85.3 Å². The minimum absolute atomic E-state index is 0.0127. The molecule has 0 radical (unpaired) electrons. The van der Waals surface area contributed by atoms with Gasteiger partial charge in [0, 0.05) is 63.7 Å². The van der Waals surface area contributed by atoms with Crippen molar-refractivity contribution in [2.75, 3.05) is 4.90 Å². The average molecular weight is 860 g/mol. The van der Waals surface area contributed by atoms with Crippen molar-refractivity contribution < 1.29 is 19.5 Å². The van der Waals surface area contributed by atoms with E-state index < -0.39 is 11.8 Å². The standard InChI is InChI=1S/C54H37NO4S3/c56-52-40-21-16-36(54(58)59)30-43(40)53(57)44(52)31-38-20-23-48(60-38)49-26-27-51(62-49)50-25-24-47(61-50)35-17-22-46-42(29-35)39-12-7-13-45(39)55(46)37-18-14-32(15-19-37)28-41(33-8-3-1-4-9-33)34-10-5-2-6-11-34/h1-6,8-11,14-31,39,45H,7,12-13H2,(H,58,59)/b44-31+. The lowest BCUT2D eigenvalue weighted by molar-refractivity contribution is 0.0696. The fraction of sp³-hybridized carbons (Fsp3) is 0.0926. The van der Waals surface area contributed by atoms with Crippen LogP contribution in [0.5, 0.6) is 0 Å².